The third-order valence-electron chi connectivity index (χ3n) is 7.59. The van der Waals surface area contributed by atoms with Gasteiger partial charge in [-0.2, -0.15) is 0 Å². The number of rotatable bonds is 10. The topological polar surface area (TPSA) is 35.5 Å². The summed E-state index contributed by atoms with van der Waals surface area (Å²) in [7, 11) is 0. The van der Waals surface area contributed by atoms with Crippen molar-refractivity contribution < 1.29 is 14.3 Å². The second kappa shape index (κ2) is 11.5. The molecule has 4 rings (SSSR count). The van der Waals surface area contributed by atoms with Gasteiger partial charge in [0.1, 0.15) is 22.8 Å². The van der Waals surface area contributed by atoms with E-state index in [0.717, 1.165) is 17.9 Å². The molecule has 0 aliphatic heterocycles. The van der Waals surface area contributed by atoms with Gasteiger partial charge in [0, 0.05) is 16.5 Å². The Morgan fingerprint density at radius 1 is 0.641 bits per heavy atom. The minimum atomic E-state index is -0.178. The third-order valence-corrected chi connectivity index (χ3v) is 7.59. The molecule has 0 saturated heterocycles. The molecule has 3 heteroatoms. The molecule has 0 N–H and O–H groups in total. The predicted octanol–water partition coefficient (Wildman–Crippen LogP) is 9.73. The summed E-state index contributed by atoms with van der Waals surface area (Å²) in [6.07, 6.45) is 0.948. The van der Waals surface area contributed by atoms with Crippen LogP contribution in [0.5, 0.6) is 17.2 Å². The molecule has 0 radical (unpaired) electrons. The Kier molecular flexibility index (Phi) is 8.30. The Labute approximate surface area is 233 Å². The SMILES string of the molecule is CCC(C)(C)Oc1ccc(C(C)(C)c2ccc(Oc3ccc(C(=O)c4ccc(C(C)C)cc4)cc3)cc2)cc1. The molecule has 0 aliphatic carbocycles. The number of carbonyl (C=O) groups is 1. The van der Waals surface area contributed by atoms with Gasteiger partial charge in [-0.15, -0.1) is 0 Å². The van der Waals surface area contributed by atoms with Crippen LogP contribution in [0.4, 0.5) is 0 Å². The second-order valence-corrected chi connectivity index (χ2v) is 11.6. The summed E-state index contributed by atoms with van der Waals surface area (Å²) in [6.45, 7) is 15.1. The van der Waals surface area contributed by atoms with Crippen LogP contribution in [0.3, 0.4) is 0 Å². The minimum absolute atomic E-state index is 0.0112. The average molecular weight is 521 g/mol. The molecule has 0 bridgehead atoms. The molecular weight excluding hydrogens is 480 g/mol. The average Bonchev–Trinajstić information content (AvgIpc) is 2.93. The highest BCUT2D eigenvalue weighted by atomic mass is 16.5. The van der Waals surface area contributed by atoms with E-state index in [9.17, 15) is 4.79 Å². The molecule has 0 amide bonds. The molecule has 3 nitrogen and oxygen atoms in total. The first-order chi connectivity index (χ1) is 18.5. The van der Waals surface area contributed by atoms with Gasteiger partial charge in [-0.1, -0.05) is 83.1 Å². The van der Waals surface area contributed by atoms with E-state index in [4.69, 9.17) is 9.47 Å². The predicted molar refractivity (Wildman–Crippen MR) is 160 cm³/mol. The molecule has 0 atom stereocenters. The zero-order chi connectivity index (χ0) is 28.2. The molecule has 0 saturated carbocycles. The molecule has 202 valence electrons. The Bertz CT molecular complexity index is 1380. The van der Waals surface area contributed by atoms with E-state index in [2.05, 4.69) is 84.9 Å². The van der Waals surface area contributed by atoms with Crippen LogP contribution in [-0.4, -0.2) is 11.4 Å². The first-order valence-corrected chi connectivity index (χ1v) is 13.8. The van der Waals surface area contributed by atoms with E-state index >= 15 is 0 Å². The van der Waals surface area contributed by atoms with Gasteiger partial charge in [0.25, 0.3) is 0 Å². The number of carbonyl (C=O) groups excluding carboxylic acids is 1. The third kappa shape index (κ3) is 6.78. The van der Waals surface area contributed by atoms with Gasteiger partial charge >= 0.3 is 0 Å². The fraction of sp³-hybridized carbons (Fsp3) is 0.306. The summed E-state index contributed by atoms with van der Waals surface area (Å²) in [5.41, 5.74) is 4.63. The van der Waals surface area contributed by atoms with Crippen molar-refractivity contribution in [3.63, 3.8) is 0 Å². The van der Waals surface area contributed by atoms with Gasteiger partial charge in [0.05, 0.1) is 0 Å². The monoisotopic (exact) mass is 520 g/mol. The molecule has 4 aromatic carbocycles. The van der Waals surface area contributed by atoms with Gasteiger partial charge in [-0.05, 0) is 91.4 Å². The Balaban J connectivity index is 1.41. The van der Waals surface area contributed by atoms with E-state index in [1.54, 1.807) is 0 Å². The highest BCUT2D eigenvalue weighted by Crippen LogP contribution is 2.34. The molecule has 0 aromatic heterocycles. The number of hydrogen-bond donors (Lipinski definition) is 0. The van der Waals surface area contributed by atoms with Crippen LogP contribution in [0.2, 0.25) is 0 Å². The fourth-order valence-electron chi connectivity index (χ4n) is 4.43. The van der Waals surface area contributed by atoms with E-state index in [0.29, 0.717) is 22.8 Å². The summed E-state index contributed by atoms with van der Waals surface area (Å²) in [5, 5.41) is 0. The lowest BCUT2D eigenvalue weighted by Gasteiger charge is -2.28. The van der Waals surface area contributed by atoms with Crippen LogP contribution < -0.4 is 9.47 Å². The normalized spacial score (nSPS) is 11.9. The lowest BCUT2D eigenvalue weighted by molar-refractivity contribution is 0.103. The van der Waals surface area contributed by atoms with Gasteiger partial charge < -0.3 is 9.47 Å². The molecular formula is C36H40O3. The van der Waals surface area contributed by atoms with Crippen molar-refractivity contribution in [3.8, 4) is 17.2 Å². The van der Waals surface area contributed by atoms with Gasteiger partial charge in [-0.25, -0.2) is 0 Å². The minimum Gasteiger partial charge on any atom is -0.488 e. The highest BCUT2D eigenvalue weighted by Gasteiger charge is 2.24. The standard InChI is InChI=1S/C36H40O3/c1-8-35(4,5)39-33-23-17-30(18-24-33)36(6,7)29-15-21-32(22-16-29)38-31-19-13-28(14-20-31)34(37)27-11-9-26(10-12-27)25(2)3/h9-25H,8H2,1-7H3. The van der Waals surface area contributed by atoms with Crippen LogP contribution in [0.1, 0.15) is 93.4 Å². The summed E-state index contributed by atoms with van der Waals surface area (Å²) >= 11 is 0. The maximum atomic E-state index is 12.9. The van der Waals surface area contributed by atoms with Crippen molar-refractivity contribution >= 4 is 5.78 Å². The molecule has 0 unspecified atom stereocenters. The number of benzene rings is 4. The Morgan fingerprint density at radius 3 is 1.49 bits per heavy atom. The Hall–Kier alpha value is -3.85. The van der Waals surface area contributed by atoms with Crippen molar-refractivity contribution in [2.24, 2.45) is 0 Å². The molecule has 4 aromatic rings. The van der Waals surface area contributed by atoms with Crippen molar-refractivity contribution in [2.45, 2.75) is 71.8 Å². The fourth-order valence-corrected chi connectivity index (χ4v) is 4.43. The van der Waals surface area contributed by atoms with Crippen molar-refractivity contribution in [2.75, 3.05) is 0 Å². The zero-order valence-electron chi connectivity index (χ0n) is 24.2. The van der Waals surface area contributed by atoms with Crippen LogP contribution in [-0.2, 0) is 5.41 Å². The van der Waals surface area contributed by atoms with Crippen molar-refractivity contribution in [1.82, 2.24) is 0 Å². The van der Waals surface area contributed by atoms with Crippen LogP contribution in [0, 0.1) is 0 Å². The number of ether oxygens (including phenoxy) is 2. The van der Waals surface area contributed by atoms with E-state index in [-0.39, 0.29) is 16.8 Å². The van der Waals surface area contributed by atoms with Crippen LogP contribution in [0.25, 0.3) is 0 Å². The van der Waals surface area contributed by atoms with Crippen molar-refractivity contribution in [1.29, 1.82) is 0 Å². The maximum Gasteiger partial charge on any atom is 0.193 e. The van der Waals surface area contributed by atoms with Gasteiger partial charge in [0.2, 0.25) is 0 Å². The lowest BCUT2D eigenvalue weighted by atomic mass is 9.78. The van der Waals surface area contributed by atoms with E-state index in [1.807, 2.05) is 60.7 Å². The molecule has 0 fully saturated rings. The second-order valence-electron chi connectivity index (χ2n) is 11.6. The van der Waals surface area contributed by atoms with Crippen molar-refractivity contribution in [3.05, 3.63) is 125 Å². The molecule has 39 heavy (non-hydrogen) atoms. The van der Waals surface area contributed by atoms with Crippen LogP contribution in [0.15, 0.2) is 97.1 Å². The zero-order valence-corrected chi connectivity index (χ0v) is 24.2. The van der Waals surface area contributed by atoms with Gasteiger partial charge in [0.15, 0.2) is 5.78 Å². The largest absolute Gasteiger partial charge is 0.488 e. The smallest absolute Gasteiger partial charge is 0.193 e. The highest BCUT2D eigenvalue weighted by molar-refractivity contribution is 6.09. The number of ketones is 1. The maximum absolute atomic E-state index is 12.9. The summed E-state index contributed by atoms with van der Waals surface area (Å²) < 4.78 is 12.2. The molecule has 0 aliphatic rings. The molecule has 0 spiro atoms. The first-order valence-electron chi connectivity index (χ1n) is 13.8. The number of hydrogen-bond acceptors (Lipinski definition) is 3. The quantitative estimate of drug-likeness (QED) is 0.195. The lowest BCUT2D eigenvalue weighted by Crippen LogP contribution is -2.26. The summed E-state index contributed by atoms with van der Waals surface area (Å²) in [6, 6.07) is 31.8. The Morgan fingerprint density at radius 2 is 1.05 bits per heavy atom. The summed E-state index contributed by atoms with van der Waals surface area (Å²) in [5.74, 6) is 2.79. The van der Waals surface area contributed by atoms with Crippen LogP contribution >= 0.6 is 0 Å². The van der Waals surface area contributed by atoms with Gasteiger partial charge in [-0.3, -0.25) is 4.79 Å². The molecule has 0 heterocycles. The van der Waals surface area contributed by atoms with E-state index in [1.165, 1.54) is 16.7 Å². The summed E-state index contributed by atoms with van der Waals surface area (Å²) in [4.78, 5) is 12.9. The van der Waals surface area contributed by atoms with E-state index < -0.39 is 0 Å². The first kappa shape index (κ1) is 28.2.